The zero-order chi connectivity index (χ0) is 16.1. The number of benzene rings is 2. The maximum Gasteiger partial charge on any atom is 0.234 e. The molecule has 0 saturated carbocycles. The molecule has 22 heavy (non-hydrogen) atoms. The second-order valence-electron chi connectivity index (χ2n) is 5.56. The van der Waals surface area contributed by atoms with Crippen LogP contribution in [0.4, 0.5) is 11.4 Å². The molecule has 0 saturated heterocycles. The minimum atomic E-state index is 0.0375. The van der Waals surface area contributed by atoms with E-state index in [1.165, 1.54) is 11.1 Å². The van der Waals surface area contributed by atoms with E-state index >= 15 is 0 Å². The average molecular weight is 314 g/mol. The predicted octanol–water partition coefficient (Wildman–Crippen LogP) is 4.07. The van der Waals surface area contributed by atoms with E-state index in [9.17, 15) is 4.79 Å². The molecule has 0 unspecified atom stereocenters. The molecule has 0 fully saturated rings. The number of amides is 1. The molecule has 0 aliphatic rings. The summed E-state index contributed by atoms with van der Waals surface area (Å²) in [4.78, 5) is 12.1. The number of nitrogens with two attached hydrogens (primary N) is 1. The van der Waals surface area contributed by atoms with Crippen LogP contribution in [-0.2, 0) is 10.5 Å². The summed E-state index contributed by atoms with van der Waals surface area (Å²) in [7, 11) is 0. The fraction of sp³-hybridized carbons (Fsp3) is 0.278. The van der Waals surface area contributed by atoms with Crippen molar-refractivity contribution in [3.8, 4) is 0 Å². The Hall–Kier alpha value is -1.94. The van der Waals surface area contributed by atoms with E-state index in [2.05, 4.69) is 24.4 Å². The molecule has 0 spiro atoms. The highest BCUT2D eigenvalue weighted by molar-refractivity contribution is 7.99. The summed E-state index contributed by atoms with van der Waals surface area (Å²) >= 11 is 1.60. The van der Waals surface area contributed by atoms with E-state index in [0.717, 1.165) is 28.3 Å². The Morgan fingerprint density at radius 3 is 2.27 bits per heavy atom. The number of hydrogen-bond donors (Lipinski definition) is 2. The first-order valence-electron chi connectivity index (χ1n) is 7.25. The van der Waals surface area contributed by atoms with E-state index in [1.807, 2.05) is 38.1 Å². The summed E-state index contributed by atoms with van der Waals surface area (Å²) < 4.78 is 0. The van der Waals surface area contributed by atoms with Gasteiger partial charge in [0.1, 0.15) is 0 Å². The van der Waals surface area contributed by atoms with Gasteiger partial charge in [-0.15, -0.1) is 11.8 Å². The van der Waals surface area contributed by atoms with Crippen molar-refractivity contribution in [3.63, 3.8) is 0 Å². The highest BCUT2D eigenvalue weighted by atomic mass is 32.2. The number of hydrogen-bond acceptors (Lipinski definition) is 3. The number of aryl methyl sites for hydroxylation is 3. The number of thioether (sulfide) groups is 1. The van der Waals surface area contributed by atoms with Crippen molar-refractivity contribution in [3.05, 3.63) is 58.7 Å². The first-order valence-corrected chi connectivity index (χ1v) is 8.41. The molecule has 2 rings (SSSR count). The van der Waals surface area contributed by atoms with Crippen LogP contribution in [0, 0.1) is 20.8 Å². The van der Waals surface area contributed by atoms with Crippen LogP contribution in [0.25, 0.3) is 0 Å². The summed E-state index contributed by atoms with van der Waals surface area (Å²) in [6.07, 6.45) is 0. The molecule has 3 nitrogen and oxygen atoms in total. The van der Waals surface area contributed by atoms with Crippen LogP contribution in [0.15, 0.2) is 36.4 Å². The first-order chi connectivity index (χ1) is 10.5. The van der Waals surface area contributed by atoms with Crippen molar-refractivity contribution in [2.24, 2.45) is 0 Å². The molecule has 0 radical (unpaired) electrons. The number of anilines is 2. The van der Waals surface area contributed by atoms with Crippen LogP contribution in [-0.4, -0.2) is 11.7 Å². The largest absolute Gasteiger partial charge is 0.399 e. The van der Waals surface area contributed by atoms with Gasteiger partial charge in [0.2, 0.25) is 5.91 Å². The molecule has 116 valence electrons. The Bertz CT molecular complexity index is 642. The Morgan fingerprint density at radius 1 is 1.09 bits per heavy atom. The summed E-state index contributed by atoms with van der Waals surface area (Å²) in [5, 5.41) is 3.02. The van der Waals surface area contributed by atoms with Crippen molar-refractivity contribution < 1.29 is 4.79 Å². The Balaban J connectivity index is 1.87. The molecule has 3 N–H and O–H groups in total. The van der Waals surface area contributed by atoms with Crippen molar-refractivity contribution in [1.82, 2.24) is 0 Å². The van der Waals surface area contributed by atoms with Gasteiger partial charge in [0.25, 0.3) is 0 Å². The van der Waals surface area contributed by atoms with Gasteiger partial charge >= 0.3 is 0 Å². The van der Waals surface area contributed by atoms with Gasteiger partial charge in [-0.2, -0.15) is 0 Å². The maximum atomic E-state index is 12.1. The number of nitrogens with one attached hydrogen (secondary N) is 1. The van der Waals surface area contributed by atoms with E-state index < -0.39 is 0 Å². The number of rotatable bonds is 5. The predicted molar refractivity (Wildman–Crippen MR) is 96.3 cm³/mol. The molecule has 1 amide bonds. The molecule has 0 aromatic heterocycles. The highest BCUT2D eigenvalue weighted by Gasteiger charge is 2.08. The lowest BCUT2D eigenvalue weighted by molar-refractivity contribution is -0.113. The van der Waals surface area contributed by atoms with Gasteiger partial charge in [-0.1, -0.05) is 29.8 Å². The van der Waals surface area contributed by atoms with Crippen LogP contribution in [0.1, 0.15) is 22.3 Å². The average Bonchev–Trinajstić information content (AvgIpc) is 2.45. The standard InChI is InChI=1S/C18H22N2OS/c1-12-8-13(2)18(14(3)9-12)20-17(21)11-22-10-15-4-6-16(19)7-5-15/h4-9H,10-11,19H2,1-3H3,(H,20,21). The van der Waals surface area contributed by atoms with Gasteiger partial charge in [0.05, 0.1) is 5.75 Å². The van der Waals surface area contributed by atoms with Crippen molar-refractivity contribution in [2.75, 3.05) is 16.8 Å². The molecular weight excluding hydrogens is 292 g/mol. The van der Waals surface area contributed by atoms with Crippen LogP contribution in [0.5, 0.6) is 0 Å². The van der Waals surface area contributed by atoms with Crippen LogP contribution in [0.3, 0.4) is 0 Å². The smallest absolute Gasteiger partial charge is 0.234 e. The second-order valence-corrected chi connectivity index (χ2v) is 6.54. The topological polar surface area (TPSA) is 55.1 Å². The quantitative estimate of drug-likeness (QED) is 0.818. The number of nitrogen functional groups attached to an aromatic ring is 1. The van der Waals surface area contributed by atoms with Crippen molar-refractivity contribution in [1.29, 1.82) is 0 Å². The molecule has 0 aliphatic heterocycles. The molecule has 0 atom stereocenters. The lowest BCUT2D eigenvalue weighted by Crippen LogP contribution is -2.16. The van der Waals surface area contributed by atoms with Crippen LogP contribution < -0.4 is 11.1 Å². The zero-order valence-electron chi connectivity index (χ0n) is 13.3. The summed E-state index contributed by atoms with van der Waals surface area (Å²) in [5.74, 6) is 1.28. The van der Waals surface area contributed by atoms with Gasteiger partial charge < -0.3 is 11.1 Å². The number of carbonyl (C=O) groups is 1. The fourth-order valence-electron chi connectivity index (χ4n) is 2.43. The zero-order valence-corrected chi connectivity index (χ0v) is 14.1. The summed E-state index contributed by atoms with van der Waals surface area (Å²) in [6, 6.07) is 11.9. The van der Waals surface area contributed by atoms with Crippen molar-refractivity contribution >= 4 is 29.0 Å². The minimum Gasteiger partial charge on any atom is -0.399 e. The van der Waals surface area contributed by atoms with Gasteiger partial charge in [-0.05, 0) is 49.6 Å². The molecule has 2 aromatic carbocycles. The third kappa shape index (κ3) is 4.53. The van der Waals surface area contributed by atoms with Crippen LogP contribution >= 0.6 is 11.8 Å². The molecular formula is C18H22N2OS. The summed E-state index contributed by atoms with van der Waals surface area (Å²) in [5.41, 5.74) is 12.0. The molecule has 0 heterocycles. The van der Waals surface area contributed by atoms with Gasteiger partial charge in [0.15, 0.2) is 0 Å². The van der Waals surface area contributed by atoms with E-state index in [1.54, 1.807) is 11.8 Å². The number of carbonyl (C=O) groups excluding carboxylic acids is 1. The molecule has 2 aromatic rings. The fourth-order valence-corrected chi connectivity index (χ4v) is 3.22. The maximum absolute atomic E-state index is 12.1. The Labute approximate surface area is 136 Å². The monoisotopic (exact) mass is 314 g/mol. The second kappa shape index (κ2) is 7.36. The van der Waals surface area contributed by atoms with Gasteiger partial charge in [-0.3, -0.25) is 4.79 Å². The molecule has 0 aliphatic carbocycles. The molecule has 4 heteroatoms. The van der Waals surface area contributed by atoms with Crippen LogP contribution in [0.2, 0.25) is 0 Å². The molecule has 0 bridgehead atoms. The van der Waals surface area contributed by atoms with E-state index in [-0.39, 0.29) is 5.91 Å². The minimum absolute atomic E-state index is 0.0375. The lowest BCUT2D eigenvalue weighted by atomic mass is 10.1. The third-order valence-electron chi connectivity index (χ3n) is 3.42. The Morgan fingerprint density at radius 2 is 1.68 bits per heavy atom. The van der Waals surface area contributed by atoms with Gasteiger partial charge in [0, 0.05) is 17.1 Å². The van der Waals surface area contributed by atoms with E-state index in [0.29, 0.717) is 5.75 Å². The summed E-state index contributed by atoms with van der Waals surface area (Å²) in [6.45, 7) is 6.11. The third-order valence-corrected chi connectivity index (χ3v) is 4.43. The SMILES string of the molecule is Cc1cc(C)c(NC(=O)CSCc2ccc(N)cc2)c(C)c1. The lowest BCUT2D eigenvalue weighted by Gasteiger charge is -2.12. The first kappa shape index (κ1) is 16.4. The van der Waals surface area contributed by atoms with E-state index in [4.69, 9.17) is 5.73 Å². The Kier molecular flexibility index (Phi) is 5.50. The highest BCUT2D eigenvalue weighted by Crippen LogP contribution is 2.22. The van der Waals surface area contributed by atoms with Crippen molar-refractivity contribution in [2.45, 2.75) is 26.5 Å². The normalized spacial score (nSPS) is 10.5. The van der Waals surface area contributed by atoms with Gasteiger partial charge in [-0.25, -0.2) is 0 Å².